The maximum atomic E-state index is 12.3. The molecule has 0 saturated heterocycles. The maximum absolute atomic E-state index is 12.3. The lowest BCUT2D eigenvalue weighted by Crippen LogP contribution is -2.12. The van der Waals surface area contributed by atoms with Crippen molar-refractivity contribution in [2.75, 3.05) is 13.2 Å². The number of carbonyl (C=O) groups is 3. The van der Waals surface area contributed by atoms with Crippen LogP contribution in [-0.2, 0) is 14.4 Å². The molecule has 0 atom stereocenters. The molecule has 1 N–H and O–H groups in total. The summed E-state index contributed by atoms with van der Waals surface area (Å²) in [7, 11) is 0. The van der Waals surface area contributed by atoms with E-state index in [9.17, 15) is 14.4 Å². The summed E-state index contributed by atoms with van der Waals surface area (Å²) in [4.78, 5) is 41.7. The summed E-state index contributed by atoms with van der Waals surface area (Å²) in [5, 5.41) is 12.3. The molecule has 0 radical (unpaired) electrons. The van der Waals surface area contributed by atoms with Crippen LogP contribution in [0.15, 0.2) is 63.5 Å². The second kappa shape index (κ2) is 11.1. The zero-order valence-corrected chi connectivity index (χ0v) is 16.9. The lowest BCUT2D eigenvalue weighted by Gasteiger charge is -2.06. The molecule has 8 heteroatoms. The number of Topliss-reactive ketones (excluding diaryl/α,β-unsaturated/α-hetero) is 1. The lowest BCUT2D eigenvalue weighted by atomic mass is 10.1. The third-order valence-corrected chi connectivity index (χ3v) is 4.65. The maximum Gasteiger partial charge on any atom is 0.338 e. The van der Waals surface area contributed by atoms with Gasteiger partial charge in [0, 0.05) is 21.8 Å². The molecule has 2 aromatic rings. The van der Waals surface area contributed by atoms with Crippen molar-refractivity contribution >= 4 is 35.2 Å². The van der Waals surface area contributed by atoms with Gasteiger partial charge in [-0.25, -0.2) is 9.59 Å². The van der Waals surface area contributed by atoms with Gasteiger partial charge in [0.25, 0.3) is 0 Å². The topological polar surface area (TPSA) is 102 Å². The van der Waals surface area contributed by atoms with Crippen molar-refractivity contribution in [3.63, 3.8) is 0 Å². The number of hydrogen-bond acceptors (Lipinski definition) is 8. The molecule has 29 heavy (non-hydrogen) atoms. The van der Waals surface area contributed by atoms with Crippen LogP contribution in [0.3, 0.4) is 0 Å². The number of ether oxygens (including phenoxy) is 1. The minimum atomic E-state index is -0.508. The molecule has 0 aromatic heterocycles. The Morgan fingerprint density at radius 1 is 1.03 bits per heavy atom. The van der Waals surface area contributed by atoms with Gasteiger partial charge in [0.15, 0.2) is 0 Å². The lowest BCUT2D eigenvalue weighted by molar-refractivity contribution is -0.143. The number of benzene rings is 2. The summed E-state index contributed by atoms with van der Waals surface area (Å²) in [6.45, 7) is 2.84. The van der Waals surface area contributed by atoms with Crippen molar-refractivity contribution in [1.82, 2.24) is 0 Å². The first-order chi connectivity index (χ1) is 13.9. The van der Waals surface area contributed by atoms with Gasteiger partial charge in [-0.05, 0) is 49.4 Å². The van der Waals surface area contributed by atoms with E-state index in [1.165, 1.54) is 18.7 Å². The predicted molar refractivity (Wildman–Crippen MR) is 108 cm³/mol. The fraction of sp³-hybridized carbons (Fsp3) is 0.238. The fourth-order valence-electron chi connectivity index (χ4n) is 2.15. The molecule has 0 spiro atoms. The van der Waals surface area contributed by atoms with Crippen molar-refractivity contribution in [3.05, 3.63) is 59.7 Å². The van der Waals surface area contributed by atoms with Crippen LogP contribution < -0.4 is 0 Å². The number of ketones is 1. The third kappa shape index (κ3) is 6.85. The highest BCUT2D eigenvalue weighted by atomic mass is 32.2. The molecule has 0 heterocycles. The van der Waals surface area contributed by atoms with E-state index in [4.69, 9.17) is 9.84 Å². The molecule has 0 fully saturated rings. The van der Waals surface area contributed by atoms with E-state index in [0.29, 0.717) is 11.1 Å². The monoisotopic (exact) mass is 415 g/mol. The van der Waals surface area contributed by atoms with Gasteiger partial charge in [-0.3, -0.25) is 4.79 Å². The first-order valence-electron chi connectivity index (χ1n) is 8.89. The highest BCUT2D eigenvalue weighted by Gasteiger charge is 2.12. The highest BCUT2D eigenvalue weighted by Crippen LogP contribution is 2.28. The van der Waals surface area contributed by atoms with Gasteiger partial charge >= 0.3 is 11.9 Å². The number of esters is 1. The summed E-state index contributed by atoms with van der Waals surface area (Å²) in [5.74, 6) is -1.34. The van der Waals surface area contributed by atoms with Crippen molar-refractivity contribution in [2.45, 2.75) is 30.1 Å². The summed E-state index contributed by atoms with van der Waals surface area (Å²) < 4.78 is 4.91. The van der Waals surface area contributed by atoms with Gasteiger partial charge < -0.3 is 14.7 Å². The molecule has 0 aliphatic heterocycles. The molecule has 0 bridgehead atoms. The van der Waals surface area contributed by atoms with Crippen LogP contribution in [0.2, 0.25) is 0 Å². The van der Waals surface area contributed by atoms with Crippen LogP contribution in [0.4, 0.5) is 0 Å². The average Bonchev–Trinajstić information content (AvgIpc) is 2.75. The van der Waals surface area contributed by atoms with Gasteiger partial charge in [-0.15, -0.1) is 0 Å². The third-order valence-electron chi connectivity index (χ3n) is 3.65. The Hall–Kier alpha value is -2.97. The normalized spacial score (nSPS) is 11.1. The number of rotatable bonds is 9. The predicted octanol–water partition coefficient (Wildman–Crippen LogP) is 3.50. The number of oxime groups is 1. The van der Waals surface area contributed by atoms with Gasteiger partial charge in [0.2, 0.25) is 5.78 Å². The van der Waals surface area contributed by atoms with Crippen LogP contribution >= 0.6 is 11.8 Å². The van der Waals surface area contributed by atoms with Gasteiger partial charge in [0.1, 0.15) is 12.3 Å². The molecule has 7 nitrogen and oxygen atoms in total. The van der Waals surface area contributed by atoms with Crippen molar-refractivity contribution in [2.24, 2.45) is 5.16 Å². The van der Waals surface area contributed by atoms with E-state index in [2.05, 4.69) is 9.99 Å². The van der Waals surface area contributed by atoms with Crippen LogP contribution in [0, 0.1) is 0 Å². The van der Waals surface area contributed by atoms with Gasteiger partial charge in [-0.2, -0.15) is 0 Å². The molecule has 2 rings (SSSR count). The van der Waals surface area contributed by atoms with E-state index in [-0.39, 0.29) is 31.1 Å². The van der Waals surface area contributed by atoms with Crippen LogP contribution in [0.1, 0.15) is 41.0 Å². The van der Waals surface area contributed by atoms with E-state index < -0.39 is 11.9 Å². The Bertz CT molecular complexity index is 908. The summed E-state index contributed by atoms with van der Waals surface area (Å²) in [6.07, 6.45) is 0.178. The number of nitrogens with zero attached hydrogens (tertiary/aromatic N) is 1. The minimum absolute atomic E-state index is 0.0495. The van der Waals surface area contributed by atoms with Gasteiger partial charge in [0.05, 0.1) is 12.2 Å². The van der Waals surface area contributed by atoms with Crippen LogP contribution in [0.25, 0.3) is 0 Å². The van der Waals surface area contributed by atoms with E-state index in [1.807, 2.05) is 6.07 Å². The molecular formula is C21H21NO6S. The zero-order valence-electron chi connectivity index (χ0n) is 16.1. The molecule has 0 unspecified atom stereocenters. The Balaban J connectivity index is 2.05. The van der Waals surface area contributed by atoms with Gasteiger partial charge in [-0.1, -0.05) is 29.9 Å². The molecule has 0 aliphatic carbocycles. The molecule has 0 aliphatic rings. The quantitative estimate of drug-likeness (QED) is 0.220. The zero-order chi connectivity index (χ0) is 21.2. The fourth-order valence-corrected chi connectivity index (χ4v) is 3.03. The second-order valence-corrected chi connectivity index (χ2v) is 6.98. The number of hydrogen-bond donors (Lipinski definition) is 1. The number of aliphatic hydroxyl groups is 1. The molecule has 2 aromatic carbocycles. The van der Waals surface area contributed by atoms with Crippen LogP contribution in [-0.4, -0.2) is 41.8 Å². The molecule has 152 valence electrons. The molecule has 0 amide bonds. The first-order valence-corrected chi connectivity index (χ1v) is 9.71. The highest BCUT2D eigenvalue weighted by molar-refractivity contribution is 7.99. The minimum Gasteiger partial charge on any atom is -0.460 e. The van der Waals surface area contributed by atoms with Crippen LogP contribution in [0.5, 0.6) is 0 Å². The van der Waals surface area contributed by atoms with E-state index in [0.717, 1.165) is 9.79 Å². The molecule has 0 saturated carbocycles. The van der Waals surface area contributed by atoms with Crippen molar-refractivity contribution in [1.29, 1.82) is 0 Å². The summed E-state index contributed by atoms with van der Waals surface area (Å²) in [5.41, 5.74) is 0.898. The van der Waals surface area contributed by atoms with E-state index >= 15 is 0 Å². The van der Waals surface area contributed by atoms with E-state index in [1.54, 1.807) is 49.4 Å². The summed E-state index contributed by atoms with van der Waals surface area (Å²) >= 11 is 1.42. The SMILES string of the molecule is CCC(=O)O/N=C(\C)C(=O)c1ccc(Sc2cccc(C(=O)OCCO)c2)cc1. The summed E-state index contributed by atoms with van der Waals surface area (Å²) in [6, 6.07) is 13.8. The Morgan fingerprint density at radius 3 is 2.41 bits per heavy atom. The average molecular weight is 415 g/mol. The number of aliphatic hydroxyl groups excluding tert-OH is 1. The second-order valence-electron chi connectivity index (χ2n) is 5.84. The Morgan fingerprint density at radius 2 is 1.76 bits per heavy atom. The Kier molecular flexibility index (Phi) is 8.57. The first kappa shape index (κ1) is 22.3. The van der Waals surface area contributed by atoms with Crippen molar-refractivity contribution < 1.29 is 29.1 Å². The van der Waals surface area contributed by atoms with Crippen molar-refractivity contribution in [3.8, 4) is 0 Å². The smallest absolute Gasteiger partial charge is 0.338 e. The largest absolute Gasteiger partial charge is 0.460 e. The Labute approximate surface area is 172 Å². The molecular weight excluding hydrogens is 394 g/mol. The number of carbonyl (C=O) groups excluding carboxylic acids is 3. The standard InChI is InChI=1S/C21H21NO6S/c1-3-19(24)28-22-14(2)20(25)15-7-9-17(10-8-15)29-18-6-4-5-16(13-18)21(26)27-12-11-23/h4-10,13,23H,3,11-12H2,1-2H3/b22-14+.